The average molecular weight is 303 g/mol. The van der Waals surface area contributed by atoms with E-state index in [0.29, 0.717) is 12.2 Å². The molecule has 23 heavy (non-hydrogen) atoms. The summed E-state index contributed by atoms with van der Waals surface area (Å²) in [5, 5.41) is 0.833. The minimum absolute atomic E-state index is 0.342. The Hall–Kier alpha value is -2.94. The second-order valence-corrected chi connectivity index (χ2v) is 5.24. The van der Waals surface area contributed by atoms with Crippen molar-refractivity contribution >= 4 is 16.9 Å². The van der Waals surface area contributed by atoms with Gasteiger partial charge in [0.15, 0.2) is 0 Å². The molecule has 0 atom stereocenters. The molecule has 0 fully saturated rings. The maximum atomic E-state index is 11.6. The molecule has 0 unspecified atom stereocenters. The number of benzene rings is 2. The first kappa shape index (κ1) is 15.0. The van der Waals surface area contributed by atoms with Crippen molar-refractivity contribution in [3.8, 4) is 17.0 Å². The second-order valence-electron chi connectivity index (χ2n) is 5.24. The molecule has 1 heterocycles. The molecule has 0 amide bonds. The Labute approximate surface area is 135 Å². The highest BCUT2D eigenvalue weighted by atomic mass is 16.5. The number of pyridine rings is 1. The van der Waals surface area contributed by atoms with Gasteiger partial charge in [0.25, 0.3) is 0 Å². The van der Waals surface area contributed by atoms with Gasteiger partial charge in [0, 0.05) is 23.4 Å². The van der Waals surface area contributed by atoms with Gasteiger partial charge in [-0.1, -0.05) is 48.5 Å². The van der Waals surface area contributed by atoms with Crippen molar-refractivity contribution in [3.05, 3.63) is 72.8 Å². The van der Waals surface area contributed by atoms with E-state index in [1.165, 1.54) is 6.92 Å². The lowest BCUT2D eigenvalue weighted by atomic mass is 9.99. The summed E-state index contributed by atoms with van der Waals surface area (Å²) < 4.78 is 5.55. The maximum absolute atomic E-state index is 11.6. The van der Waals surface area contributed by atoms with Gasteiger partial charge in [-0.05, 0) is 18.6 Å². The number of carbonyl (C=O) groups excluding carboxylic acids is 1. The van der Waals surface area contributed by atoms with E-state index in [0.717, 1.165) is 27.7 Å². The number of esters is 1. The van der Waals surface area contributed by atoms with Crippen molar-refractivity contribution in [2.75, 3.05) is 0 Å². The van der Waals surface area contributed by atoms with Gasteiger partial charge in [0.1, 0.15) is 5.75 Å². The largest absolute Gasteiger partial charge is 0.426 e. The Morgan fingerprint density at radius 2 is 1.83 bits per heavy atom. The highest BCUT2D eigenvalue weighted by Gasteiger charge is 2.17. The van der Waals surface area contributed by atoms with Crippen LogP contribution in [0.1, 0.15) is 12.5 Å². The van der Waals surface area contributed by atoms with Crippen molar-refractivity contribution in [1.82, 2.24) is 4.98 Å². The van der Waals surface area contributed by atoms with E-state index in [-0.39, 0.29) is 5.97 Å². The first-order valence-electron chi connectivity index (χ1n) is 7.47. The van der Waals surface area contributed by atoms with Crippen LogP contribution in [0.25, 0.3) is 22.2 Å². The summed E-state index contributed by atoms with van der Waals surface area (Å²) in [6, 6.07) is 17.6. The molecule has 0 N–H and O–H groups in total. The number of carbonyl (C=O) groups is 1. The van der Waals surface area contributed by atoms with Crippen LogP contribution >= 0.6 is 0 Å². The van der Waals surface area contributed by atoms with E-state index in [1.807, 2.05) is 54.6 Å². The fraction of sp³-hybridized carbons (Fsp3) is 0.100. The molecule has 3 heteroatoms. The minimum Gasteiger partial charge on any atom is -0.426 e. The molecule has 1 aromatic heterocycles. The highest BCUT2D eigenvalue weighted by molar-refractivity contribution is 5.92. The molecule has 0 aliphatic rings. The Morgan fingerprint density at radius 1 is 1.13 bits per heavy atom. The van der Waals surface area contributed by atoms with Gasteiger partial charge >= 0.3 is 5.97 Å². The normalized spacial score (nSPS) is 10.5. The summed E-state index contributed by atoms with van der Waals surface area (Å²) in [7, 11) is 0. The van der Waals surface area contributed by atoms with Crippen molar-refractivity contribution in [3.63, 3.8) is 0 Å². The number of nitrogens with zero attached hydrogens (tertiary/aromatic N) is 1. The Balaban J connectivity index is 2.36. The molecule has 3 aromatic rings. The first-order valence-corrected chi connectivity index (χ1v) is 7.47. The number of rotatable bonds is 4. The fourth-order valence-electron chi connectivity index (χ4n) is 2.65. The molecule has 0 aliphatic heterocycles. The fourth-order valence-corrected chi connectivity index (χ4v) is 2.65. The van der Waals surface area contributed by atoms with Crippen LogP contribution in [0.3, 0.4) is 0 Å². The maximum Gasteiger partial charge on any atom is 0.308 e. The lowest BCUT2D eigenvalue weighted by Crippen LogP contribution is -2.07. The van der Waals surface area contributed by atoms with E-state index in [4.69, 9.17) is 9.72 Å². The molecule has 0 spiro atoms. The molecule has 3 nitrogen and oxygen atoms in total. The van der Waals surface area contributed by atoms with Crippen molar-refractivity contribution < 1.29 is 9.53 Å². The van der Waals surface area contributed by atoms with Crippen LogP contribution < -0.4 is 4.74 Å². The predicted octanol–water partition coefficient (Wildman–Crippen LogP) is 4.56. The Kier molecular flexibility index (Phi) is 4.20. The quantitative estimate of drug-likeness (QED) is 0.524. The third kappa shape index (κ3) is 2.99. The third-order valence-electron chi connectivity index (χ3n) is 3.58. The number of fused-ring (bicyclic) bond motifs is 1. The molecule has 0 saturated heterocycles. The molecule has 0 aliphatic carbocycles. The molecule has 2 aromatic carbocycles. The molecular weight excluding hydrogens is 286 g/mol. The van der Waals surface area contributed by atoms with Crippen molar-refractivity contribution in [1.29, 1.82) is 0 Å². The van der Waals surface area contributed by atoms with Crippen LogP contribution in [-0.2, 0) is 11.2 Å². The van der Waals surface area contributed by atoms with Gasteiger partial charge in [0.2, 0.25) is 0 Å². The summed E-state index contributed by atoms with van der Waals surface area (Å²) in [4.78, 5) is 16.4. The first-order chi connectivity index (χ1) is 11.2. The standard InChI is InChI=1S/C20H17NO2/c1-3-9-17-19(15-10-5-4-6-11-15)21-18-13-8-7-12-16(18)20(17)23-14(2)22/h3-8,10-13H,1,9H2,2H3. The number of allylic oxidation sites excluding steroid dienone is 1. The number of aromatic nitrogens is 1. The van der Waals surface area contributed by atoms with E-state index in [2.05, 4.69) is 6.58 Å². The molecule has 0 radical (unpaired) electrons. The SMILES string of the molecule is C=CCc1c(-c2ccccc2)nc2ccccc2c1OC(C)=O. The molecule has 114 valence electrons. The monoisotopic (exact) mass is 303 g/mol. The highest BCUT2D eigenvalue weighted by Crippen LogP contribution is 2.36. The third-order valence-corrected chi connectivity index (χ3v) is 3.58. The summed E-state index contributed by atoms with van der Waals surface area (Å²) in [6.45, 7) is 5.23. The zero-order valence-electron chi connectivity index (χ0n) is 13.0. The van der Waals surface area contributed by atoms with E-state index in [1.54, 1.807) is 6.08 Å². The van der Waals surface area contributed by atoms with Crippen molar-refractivity contribution in [2.45, 2.75) is 13.3 Å². The summed E-state index contributed by atoms with van der Waals surface area (Å²) in [5.41, 5.74) is 3.49. The number of ether oxygens (including phenoxy) is 1. The van der Waals surface area contributed by atoms with Gasteiger partial charge in [0.05, 0.1) is 11.2 Å². The van der Waals surface area contributed by atoms with E-state index >= 15 is 0 Å². The Morgan fingerprint density at radius 3 is 2.52 bits per heavy atom. The zero-order valence-corrected chi connectivity index (χ0v) is 13.0. The summed E-state index contributed by atoms with van der Waals surface area (Å²) in [6.07, 6.45) is 2.37. The minimum atomic E-state index is -0.342. The van der Waals surface area contributed by atoms with Crippen LogP contribution in [0.5, 0.6) is 5.75 Å². The number of hydrogen-bond acceptors (Lipinski definition) is 3. The van der Waals surface area contributed by atoms with Crippen LogP contribution in [0.2, 0.25) is 0 Å². The molecule has 0 saturated carbocycles. The lowest BCUT2D eigenvalue weighted by Gasteiger charge is -2.15. The smallest absolute Gasteiger partial charge is 0.308 e. The van der Waals surface area contributed by atoms with Crippen LogP contribution in [0.4, 0.5) is 0 Å². The van der Waals surface area contributed by atoms with Crippen LogP contribution in [0.15, 0.2) is 67.3 Å². The topological polar surface area (TPSA) is 39.2 Å². The van der Waals surface area contributed by atoms with Gasteiger partial charge in [-0.15, -0.1) is 6.58 Å². The number of para-hydroxylation sites is 1. The van der Waals surface area contributed by atoms with Gasteiger partial charge in [-0.2, -0.15) is 0 Å². The second kappa shape index (κ2) is 6.44. The van der Waals surface area contributed by atoms with Gasteiger partial charge in [-0.25, -0.2) is 4.98 Å². The van der Waals surface area contributed by atoms with Crippen LogP contribution in [-0.4, -0.2) is 11.0 Å². The zero-order chi connectivity index (χ0) is 16.2. The van der Waals surface area contributed by atoms with Gasteiger partial charge in [-0.3, -0.25) is 4.79 Å². The van der Waals surface area contributed by atoms with Crippen molar-refractivity contribution in [2.24, 2.45) is 0 Å². The molecule has 3 rings (SSSR count). The van der Waals surface area contributed by atoms with Crippen LogP contribution in [0, 0.1) is 0 Å². The summed E-state index contributed by atoms with van der Waals surface area (Å²) in [5.74, 6) is 0.229. The number of hydrogen-bond donors (Lipinski definition) is 0. The lowest BCUT2D eigenvalue weighted by molar-refractivity contribution is -0.131. The van der Waals surface area contributed by atoms with E-state index in [9.17, 15) is 4.79 Å². The average Bonchev–Trinajstić information content (AvgIpc) is 2.57. The van der Waals surface area contributed by atoms with Gasteiger partial charge < -0.3 is 4.74 Å². The van der Waals surface area contributed by atoms with E-state index < -0.39 is 0 Å². The predicted molar refractivity (Wildman–Crippen MR) is 92.4 cm³/mol. The molecular formula is C20H17NO2. The summed E-state index contributed by atoms with van der Waals surface area (Å²) >= 11 is 0. The Bertz CT molecular complexity index is 869. The molecule has 0 bridgehead atoms.